The number of hydrogen-bond donors (Lipinski definition) is 1. The Morgan fingerprint density at radius 3 is 2.44 bits per heavy atom. The molecule has 2 heterocycles. The standard InChI is InChI=1S/C25H27FN2O4/c1-17-7-9-18(10-8-17)23(29)21-22(19-5-2-3-6-20(19)26)28(25(31)24(21)30)12-4-11-27-13-15-32-16-14-27/h2-3,5-10,22,29H,4,11-16H2,1H3/b23-21+/t22-/m0/s1. The van der Waals surface area contributed by atoms with Gasteiger partial charge in [0.2, 0.25) is 0 Å². The first kappa shape index (κ1) is 22.2. The molecule has 0 bridgehead atoms. The zero-order valence-electron chi connectivity index (χ0n) is 18.1. The molecular formula is C25H27FN2O4. The number of hydrogen-bond acceptors (Lipinski definition) is 5. The molecule has 1 amide bonds. The Labute approximate surface area is 186 Å². The molecule has 0 aromatic heterocycles. The predicted octanol–water partition coefficient (Wildman–Crippen LogP) is 3.28. The minimum atomic E-state index is -0.970. The SMILES string of the molecule is Cc1ccc(/C(O)=C2\C(=O)C(=O)N(CCCN3CCOCC3)[C@H]2c2ccccc2F)cc1. The van der Waals surface area contributed by atoms with Gasteiger partial charge in [-0.05, 0) is 19.4 Å². The minimum Gasteiger partial charge on any atom is -0.507 e. The second-order valence-corrected chi connectivity index (χ2v) is 8.19. The van der Waals surface area contributed by atoms with Crippen LogP contribution in [0, 0.1) is 12.7 Å². The molecule has 6 nitrogen and oxygen atoms in total. The van der Waals surface area contributed by atoms with Gasteiger partial charge in [-0.2, -0.15) is 0 Å². The summed E-state index contributed by atoms with van der Waals surface area (Å²) in [5.41, 5.74) is 1.54. The Morgan fingerprint density at radius 2 is 1.75 bits per heavy atom. The smallest absolute Gasteiger partial charge is 0.295 e. The number of aryl methyl sites for hydroxylation is 1. The number of amides is 1. The van der Waals surface area contributed by atoms with Gasteiger partial charge in [0, 0.05) is 37.3 Å². The molecule has 0 radical (unpaired) electrons. The Hall–Kier alpha value is -3.03. The summed E-state index contributed by atoms with van der Waals surface area (Å²) in [6.45, 7) is 5.94. The van der Waals surface area contributed by atoms with E-state index in [1.165, 1.54) is 11.0 Å². The van der Waals surface area contributed by atoms with Crippen LogP contribution in [0.25, 0.3) is 5.76 Å². The lowest BCUT2D eigenvalue weighted by Gasteiger charge is -2.29. The van der Waals surface area contributed by atoms with Crippen molar-refractivity contribution in [2.45, 2.75) is 19.4 Å². The van der Waals surface area contributed by atoms with Crippen molar-refractivity contribution < 1.29 is 23.8 Å². The molecule has 2 aliphatic heterocycles. The van der Waals surface area contributed by atoms with Crippen LogP contribution in [0.3, 0.4) is 0 Å². The molecule has 1 N–H and O–H groups in total. The van der Waals surface area contributed by atoms with Gasteiger partial charge in [0.15, 0.2) is 0 Å². The lowest BCUT2D eigenvalue weighted by molar-refractivity contribution is -0.140. The van der Waals surface area contributed by atoms with E-state index < -0.39 is 23.5 Å². The van der Waals surface area contributed by atoms with Crippen LogP contribution in [0.5, 0.6) is 0 Å². The summed E-state index contributed by atoms with van der Waals surface area (Å²) in [6.07, 6.45) is 0.628. The van der Waals surface area contributed by atoms with Gasteiger partial charge in [-0.1, -0.05) is 48.0 Å². The molecule has 2 saturated heterocycles. The fraction of sp³-hybridized carbons (Fsp3) is 0.360. The highest BCUT2D eigenvalue weighted by Gasteiger charge is 2.46. The van der Waals surface area contributed by atoms with Crippen LogP contribution < -0.4 is 0 Å². The van der Waals surface area contributed by atoms with Crippen LogP contribution in [0.15, 0.2) is 54.1 Å². The molecule has 4 rings (SSSR count). The Morgan fingerprint density at radius 1 is 1.06 bits per heavy atom. The van der Waals surface area contributed by atoms with Crippen molar-refractivity contribution in [1.29, 1.82) is 0 Å². The molecule has 2 aromatic rings. The summed E-state index contributed by atoms with van der Waals surface area (Å²) in [5, 5.41) is 11.0. The van der Waals surface area contributed by atoms with Crippen molar-refractivity contribution in [3.05, 3.63) is 76.6 Å². The van der Waals surface area contributed by atoms with Gasteiger partial charge < -0.3 is 14.7 Å². The van der Waals surface area contributed by atoms with E-state index in [1.54, 1.807) is 30.3 Å². The number of rotatable bonds is 6. The van der Waals surface area contributed by atoms with Crippen molar-refractivity contribution >= 4 is 17.4 Å². The third kappa shape index (κ3) is 4.45. The molecule has 0 spiro atoms. The first-order valence-electron chi connectivity index (χ1n) is 10.9. The Kier molecular flexibility index (Phi) is 6.67. The van der Waals surface area contributed by atoms with Gasteiger partial charge in [-0.3, -0.25) is 14.5 Å². The van der Waals surface area contributed by atoms with Crippen LogP contribution in [0.1, 0.15) is 29.2 Å². The zero-order chi connectivity index (χ0) is 22.7. The van der Waals surface area contributed by atoms with Gasteiger partial charge in [0.05, 0.1) is 24.8 Å². The maximum Gasteiger partial charge on any atom is 0.295 e. The molecule has 1 atom stereocenters. The van der Waals surface area contributed by atoms with E-state index in [0.717, 1.165) is 25.2 Å². The van der Waals surface area contributed by atoms with E-state index in [9.17, 15) is 19.1 Å². The summed E-state index contributed by atoms with van der Waals surface area (Å²) in [7, 11) is 0. The fourth-order valence-electron chi connectivity index (χ4n) is 4.29. The normalized spacial score (nSPS) is 21.3. The highest BCUT2D eigenvalue weighted by molar-refractivity contribution is 6.46. The maximum atomic E-state index is 14.8. The van der Waals surface area contributed by atoms with E-state index in [-0.39, 0.29) is 23.4 Å². The van der Waals surface area contributed by atoms with Crippen molar-refractivity contribution in [3.8, 4) is 0 Å². The first-order chi connectivity index (χ1) is 15.5. The van der Waals surface area contributed by atoms with Gasteiger partial charge in [0.25, 0.3) is 11.7 Å². The Balaban J connectivity index is 1.68. The number of nitrogens with zero attached hydrogens (tertiary/aromatic N) is 2. The van der Waals surface area contributed by atoms with E-state index in [2.05, 4.69) is 4.90 Å². The molecular weight excluding hydrogens is 411 g/mol. The zero-order valence-corrected chi connectivity index (χ0v) is 18.1. The Bertz CT molecular complexity index is 1030. The summed E-state index contributed by atoms with van der Waals surface area (Å²) < 4.78 is 20.2. The summed E-state index contributed by atoms with van der Waals surface area (Å²) in [6, 6.07) is 12.1. The molecule has 2 aliphatic rings. The second kappa shape index (κ2) is 9.63. The lowest BCUT2D eigenvalue weighted by Crippen LogP contribution is -2.39. The van der Waals surface area contributed by atoms with Crippen molar-refractivity contribution in [2.24, 2.45) is 0 Å². The van der Waals surface area contributed by atoms with Crippen LogP contribution in [-0.2, 0) is 14.3 Å². The van der Waals surface area contributed by atoms with Gasteiger partial charge in [-0.15, -0.1) is 0 Å². The number of ether oxygens (including phenoxy) is 1. The number of Topliss-reactive ketones (excluding diaryl/α,β-unsaturated/α-hetero) is 1. The average molecular weight is 438 g/mol. The van der Waals surface area contributed by atoms with E-state index in [0.29, 0.717) is 25.2 Å². The first-order valence-corrected chi connectivity index (χ1v) is 10.9. The van der Waals surface area contributed by atoms with Gasteiger partial charge in [0.1, 0.15) is 11.6 Å². The quantitative estimate of drug-likeness (QED) is 0.426. The third-order valence-electron chi connectivity index (χ3n) is 6.04. The fourth-order valence-corrected chi connectivity index (χ4v) is 4.29. The lowest BCUT2D eigenvalue weighted by atomic mass is 9.94. The van der Waals surface area contributed by atoms with Crippen LogP contribution in [0.2, 0.25) is 0 Å². The predicted molar refractivity (Wildman–Crippen MR) is 118 cm³/mol. The number of aliphatic hydroxyl groups is 1. The number of carbonyl (C=O) groups excluding carboxylic acids is 2. The van der Waals surface area contributed by atoms with Crippen molar-refractivity contribution in [3.63, 3.8) is 0 Å². The highest BCUT2D eigenvalue weighted by atomic mass is 19.1. The molecule has 0 saturated carbocycles. The van der Waals surface area contributed by atoms with Crippen LogP contribution >= 0.6 is 0 Å². The van der Waals surface area contributed by atoms with Crippen LogP contribution in [0.4, 0.5) is 4.39 Å². The summed E-state index contributed by atoms with van der Waals surface area (Å²) in [5.74, 6) is -2.31. The summed E-state index contributed by atoms with van der Waals surface area (Å²) >= 11 is 0. The monoisotopic (exact) mass is 438 g/mol. The number of likely N-dealkylation sites (tertiary alicyclic amines) is 1. The molecule has 7 heteroatoms. The molecule has 2 fully saturated rings. The molecule has 32 heavy (non-hydrogen) atoms. The number of morpholine rings is 1. The second-order valence-electron chi connectivity index (χ2n) is 8.19. The molecule has 168 valence electrons. The van der Waals surface area contributed by atoms with E-state index >= 15 is 0 Å². The molecule has 0 aliphatic carbocycles. The topological polar surface area (TPSA) is 70.1 Å². The van der Waals surface area contributed by atoms with Crippen LogP contribution in [-0.4, -0.2) is 66.0 Å². The number of ketones is 1. The van der Waals surface area contributed by atoms with Gasteiger partial charge in [-0.25, -0.2) is 4.39 Å². The minimum absolute atomic E-state index is 0.0738. The number of halogens is 1. The van der Waals surface area contributed by atoms with Gasteiger partial charge >= 0.3 is 0 Å². The number of benzene rings is 2. The molecule has 2 aromatic carbocycles. The maximum absolute atomic E-state index is 14.8. The van der Waals surface area contributed by atoms with Crippen molar-refractivity contribution in [1.82, 2.24) is 9.80 Å². The highest BCUT2D eigenvalue weighted by Crippen LogP contribution is 2.40. The average Bonchev–Trinajstić information content (AvgIpc) is 3.05. The largest absolute Gasteiger partial charge is 0.507 e. The van der Waals surface area contributed by atoms with E-state index in [1.807, 2.05) is 19.1 Å². The third-order valence-corrected chi connectivity index (χ3v) is 6.04. The molecule has 0 unspecified atom stereocenters. The number of carbonyl (C=O) groups is 2. The number of aliphatic hydroxyl groups excluding tert-OH is 1. The van der Waals surface area contributed by atoms with Crippen molar-refractivity contribution in [2.75, 3.05) is 39.4 Å². The van der Waals surface area contributed by atoms with E-state index in [4.69, 9.17) is 4.74 Å². The summed E-state index contributed by atoms with van der Waals surface area (Å²) in [4.78, 5) is 29.6.